The van der Waals surface area contributed by atoms with Gasteiger partial charge in [0, 0.05) is 17.3 Å². The molecule has 22 heavy (non-hydrogen) atoms. The van der Waals surface area contributed by atoms with Crippen LogP contribution in [0.3, 0.4) is 0 Å². The van der Waals surface area contributed by atoms with Crippen molar-refractivity contribution in [1.82, 2.24) is 4.73 Å². The van der Waals surface area contributed by atoms with Gasteiger partial charge in [-0.2, -0.15) is 4.73 Å². The number of amides is 1. The van der Waals surface area contributed by atoms with Crippen LogP contribution >= 0.6 is 0 Å². The van der Waals surface area contributed by atoms with Gasteiger partial charge in [-0.3, -0.25) is 4.79 Å². The van der Waals surface area contributed by atoms with E-state index in [-0.39, 0.29) is 12.3 Å². The third kappa shape index (κ3) is 2.68. The summed E-state index contributed by atoms with van der Waals surface area (Å²) in [6, 6.07) is 15.3. The van der Waals surface area contributed by atoms with E-state index in [1.54, 1.807) is 6.20 Å². The average Bonchev–Trinajstić information content (AvgIpc) is 2.84. The van der Waals surface area contributed by atoms with Crippen LogP contribution in [0.1, 0.15) is 18.1 Å². The van der Waals surface area contributed by atoms with Crippen LogP contribution in [0, 0.1) is 0 Å². The lowest BCUT2D eigenvalue weighted by molar-refractivity contribution is -0.115. The lowest BCUT2D eigenvalue weighted by atomic mass is 10.1. The van der Waals surface area contributed by atoms with Crippen LogP contribution in [-0.4, -0.2) is 15.8 Å². The normalized spacial score (nSPS) is 10.8. The van der Waals surface area contributed by atoms with Crippen LogP contribution < -0.4 is 5.32 Å². The summed E-state index contributed by atoms with van der Waals surface area (Å²) < 4.78 is 1.07. The van der Waals surface area contributed by atoms with Crippen molar-refractivity contribution >= 4 is 22.5 Å². The minimum atomic E-state index is -0.0859. The molecule has 1 aromatic heterocycles. The van der Waals surface area contributed by atoms with Gasteiger partial charge >= 0.3 is 0 Å². The number of carbonyl (C=O) groups is 1. The number of carbonyl (C=O) groups excluding carboxylic acids is 1. The van der Waals surface area contributed by atoms with Crippen molar-refractivity contribution < 1.29 is 10.0 Å². The SMILES string of the molecule is CCc1ccccc1NC(=O)Cc1cn(O)c2ccccc12. The van der Waals surface area contributed by atoms with E-state index in [9.17, 15) is 10.0 Å². The Morgan fingerprint density at radius 2 is 1.82 bits per heavy atom. The van der Waals surface area contributed by atoms with Crippen LogP contribution in [0.2, 0.25) is 0 Å². The zero-order chi connectivity index (χ0) is 15.5. The van der Waals surface area contributed by atoms with E-state index in [1.807, 2.05) is 48.5 Å². The molecular formula is C18H18N2O2. The van der Waals surface area contributed by atoms with E-state index in [2.05, 4.69) is 12.2 Å². The summed E-state index contributed by atoms with van der Waals surface area (Å²) >= 11 is 0. The molecule has 0 atom stereocenters. The predicted molar refractivity (Wildman–Crippen MR) is 87.3 cm³/mol. The van der Waals surface area contributed by atoms with Gasteiger partial charge in [-0.05, 0) is 29.7 Å². The minimum absolute atomic E-state index is 0.0859. The fraction of sp³-hybridized carbons (Fsp3) is 0.167. The maximum Gasteiger partial charge on any atom is 0.228 e. The molecule has 0 aliphatic heterocycles. The van der Waals surface area contributed by atoms with Gasteiger partial charge in [-0.1, -0.05) is 43.3 Å². The van der Waals surface area contributed by atoms with E-state index in [0.717, 1.165) is 33.4 Å². The first-order valence-corrected chi connectivity index (χ1v) is 7.35. The Morgan fingerprint density at radius 1 is 1.09 bits per heavy atom. The molecule has 3 aromatic rings. The first-order chi connectivity index (χ1) is 10.7. The predicted octanol–water partition coefficient (Wildman–Crippen LogP) is 3.62. The minimum Gasteiger partial charge on any atom is -0.428 e. The van der Waals surface area contributed by atoms with Crippen LogP contribution in [0.5, 0.6) is 0 Å². The van der Waals surface area contributed by atoms with Crippen molar-refractivity contribution in [3.63, 3.8) is 0 Å². The molecule has 0 aliphatic rings. The van der Waals surface area contributed by atoms with E-state index in [4.69, 9.17) is 0 Å². The number of nitrogens with zero attached hydrogens (tertiary/aromatic N) is 1. The molecule has 1 heterocycles. The van der Waals surface area contributed by atoms with Crippen molar-refractivity contribution in [2.45, 2.75) is 19.8 Å². The Balaban J connectivity index is 1.82. The maximum absolute atomic E-state index is 12.3. The number of aryl methyl sites for hydroxylation is 1. The van der Waals surface area contributed by atoms with Gasteiger partial charge < -0.3 is 10.5 Å². The highest BCUT2D eigenvalue weighted by atomic mass is 16.5. The molecule has 4 heteroatoms. The Labute approximate surface area is 129 Å². The molecule has 0 fully saturated rings. The fourth-order valence-corrected chi connectivity index (χ4v) is 2.69. The second-order valence-electron chi connectivity index (χ2n) is 5.25. The number of fused-ring (bicyclic) bond motifs is 1. The number of anilines is 1. The summed E-state index contributed by atoms with van der Waals surface area (Å²) in [5, 5.41) is 13.7. The fourth-order valence-electron chi connectivity index (χ4n) is 2.69. The number of hydrogen-bond donors (Lipinski definition) is 2. The standard InChI is InChI=1S/C18H18N2O2/c1-2-13-7-3-5-9-16(13)19-18(21)11-14-12-20(22)17-10-6-4-8-15(14)17/h3-10,12,22H,2,11H2,1H3,(H,19,21). The molecule has 0 bridgehead atoms. The van der Waals surface area contributed by atoms with Crippen molar-refractivity contribution in [2.24, 2.45) is 0 Å². The Bertz CT molecular complexity index is 821. The third-order valence-corrected chi connectivity index (χ3v) is 3.80. The van der Waals surface area contributed by atoms with Crippen LogP contribution in [0.4, 0.5) is 5.69 Å². The van der Waals surface area contributed by atoms with Gasteiger partial charge in [0.1, 0.15) is 0 Å². The van der Waals surface area contributed by atoms with E-state index in [1.165, 1.54) is 0 Å². The third-order valence-electron chi connectivity index (χ3n) is 3.80. The van der Waals surface area contributed by atoms with E-state index >= 15 is 0 Å². The van der Waals surface area contributed by atoms with Gasteiger partial charge in [-0.25, -0.2) is 0 Å². The van der Waals surface area contributed by atoms with Gasteiger partial charge in [0.05, 0.1) is 11.9 Å². The second kappa shape index (κ2) is 5.93. The molecule has 0 radical (unpaired) electrons. The van der Waals surface area contributed by atoms with Gasteiger partial charge in [0.2, 0.25) is 5.91 Å². The Kier molecular flexibility index (Phi) is 3.83. The highest BCUT2D eigenvalue weighted by Crippen LogP contribution is 2.21. The summed E-state index contributed by atoms with van der Waals surface area (Å²) in [4.78, 5) is 12.3. The quantitative estimate of drug-likeness (QED) is 0.722. The molecule has 2 aromatic carbocycles. The first kappa shape index (κ1) is 14.2. The van der Waals surface area contributed by atoms with Crippen molar-refractivity contribution in [2.75, 3.05) is 5.32 Å². The zero-order valence-corrected chi connectivity index (χ0v) is 12.4. The summed E-state index contributed by atoms with van der Waals surface area (Å²) in [5.41, 5.74) is 3.48. The highest BCUT2D eigenvalue weighted by molar-refractivity contribution is 5.96. The Hall–Kier alpha value is -2.75. The van der Waals surface area contributed by atoms with Crippen molar-refractivity contribution in [1.29, 1.82) is 0 Å². The number of para-hydroxylation sites is 2. The number of benzene rings is 2. The number of aromatic nitrogens is 1. The molecule has 0 saturated heterocycles. The van der Waals surface area contributed by atoms with Gasteiger partial charge in [0.15, 0.2) is 0 Å². The van der Waals surface area contributed by atoms with Crippen molar-refractivity contribution in [3.05, 3.63) is 65.9 Å². The number of hydrogen-bond acceptors (Lipinski definition) is 2. The first-order valence-electron chi connectivity index (χ1n) is 7.35. The summed E-state index contributed by atoms with van der Waals surface area (Å²) in [6.45, 7) is 2.06. The largest absolute Gasteiger partial charge is 0.428 e. The topological polar surface area (TPSA) is 54.3 Å². The molecule has 112 valence electrons. The molecule has 3 rings (SSSR count). The maximum atomic E-state index is 12.3. The smallest absolute Gasteiger partial charge is 0.228 e. The molecule has 2 N–H and O–H groups in total. The monoisotopic (exact) mass is 294 g/mol. The van der Waals surface area contributed by atoms with E-state index < -0.39 is 0 Å². The van der Waals surface area contributed by atoms with Gasteiger partial charge in [0.25, 0.3) is 0 Å². The highest BCUT2D eigenvalue weighted by Gasteiger charge is 2.12. The number of nitrogens with one attached hydrogen (secondary N) is 1. The molecule has 0 unspecified atom stereocenters. The molecule has 0 aliphatic carbocycles. The van der Waals surface area contributed by atoms with Gasteiger partial charge in [-0.15, -0.1) is 0 Å². The molecule has 0 spiro atoms. The average molecular weight is 294 g/mol. The molecule has 1 amide bonds. The summed E-state index contributed by atoms with van der Waals surface area (Å²) in [6.07, 6.45) is 2.69. The molecule has 4 nitrogen and oxygen atoms in total. The Morgan fingerprint density at radius 3 is 2.64 bits per heavy atom. The zero-order valence-electron chi connectivity index (χ0n) is 12.4. The van der Waals surface area contributed by atoms with Crippen LogP contribution in [-0.2, 0) is 17.6 Å². The van der Waals surface area contributed by atoms with E-state index in [0.29, 0.717) is 5.52 Å². The lowest BCUT2D eigenvalue weighted by Crippen LogP contribution is -2.15. The lowest BCUT2D eigenvalue weighted by Gasteiger charge is -2.09. The van der Waals surface area contributed by atoms with Crippen molar-refractivity contribution in [3.8, 4) is 0 Å². The molecular weight excluding hydrogens is 276 g/mol. The second-order valence-corrected chi connectivity index (χ2v) is 5.25. The summed E-state index contributed by atoms with van der Waals surface area (Å²) in [5.74, 6) is -0.0859. The number of rotatable bonds is 4. The van der Waals surface area contributed by atoms with Crippen LogP contribution in [0.25, 0.3) is 10.9 Å². The molecule has 0 saturated carbocycles. The van der Waals surface area contributed by atoms with Crippen LogP contribution in [0.15, 0.2) is 54.7 Å². The summed E-state index contributed by atoms with van der Waals surface area (Å²) in [7, 11) is 0.